The monoisotopic (exact) mass is 281 g/mol. The molecule has 100 valence electrons. The molecule has 1 aliphatic rings. The maximum absolute atomic E-state index is 11.5. The minimum absolute atomic E-state index is 0.0963. The van der Waals surface area contributed by atoms with Crippen LogP contribution < -0.4 is 4.72 Å². The van der Waals surface area contributed by atoms with Crippen LogP contribution in [-0.2, 0) is 14.8 Å². The van der Waals surface area contributed by atoms with E-state index < -0.39 is 16.0 Å². The molecule has 0 aromatic heterocycles. The lowest BCUT2D eigenvalue weighted by Gasteiger charge is -2.21. The molecule has 1 saturated heterocycles. The van der Waals surface area contributed by atoms with E-state index in [0.29, 0.717) is 12.5 Å². The van der Waals surface area contributed by atoms with Gasteiger partial charge in [0.2, 0.25) is 10.0 Å². The summed E-state index contributed by atoms with van der Waals surface area (Å²) in [6, 6.07) is 0. The molecule has 17 heavy (non-hydrogen) atoms. The predicted octanol–water partition coefficient (Wildman–Crippen LogP) is 0.914. The van der Waals surface area contributed by atoms with Crippen LogP contribution in [0.4, 0.5) is 0 Å². The van der Waals surface area contributed by atoms with Crippen LogP contribution in [-0.4, -0.2) is 43.3 Å². The van der Waals surface area contributed by atoms with Crippen molar-refractivity contribution in [3.63, 3.8) is 0 Å². The number of carboxylic acid groups (broad SMARTS) is 1. The zero-order valence-corrected chi connectivity index (χ0v) is 11.4. The van der Waals surface area contributed by atoms with Crippen molar-refractivity contribution in [3.05, 3.63) is 0 Å². The summed E-state index contributed by atoms with van der Waals surface area (Å²) in [7, 11) is -3.30. The number of sulfonamides is 1. The van der Waals surface area contributed by atoms with Crippen LogP contribution >= 0.6 is 11.8 Å². The molecule has 1 heterocycles. The second-order valence-corrected chi connectivity index (χ2v) is 7.37. The Morgan fingerprint density at radius 1 is 1.35 bits per heavy atom. The van der Waals surface area contributed by atoms with Gasteiger partial charge in [0.25, 0.3) is 0 Å². The van der Waals surface area contributed by atoms with E-state index in [1.165, 1.54) is 0 Å². The van der Waals surface area contributed by atoms with Gasteiger partial charge in [-0.05, 0) is 36.7 Å². The predicted molar refractivity (Wildman–Crippen MR) is 68.7 cm³/mol. The standard InChI is InChI=1S/C10H19NO4S2/c12-10(13)2-1-7-17(14,15)11-8-9-3-5-16-6-4-9/h9,11H,1-8H2,(H,12,13). The van der Waals surface area contributed by atoms with Gasteiger partial charge in [-0.1, -0.05) is 0 Å². The van der Waals surface area contributed by atoms with Gasteiger partial charge < -0.3 is 5.11 Å². The summed E-state index contributed by atoms with van der Waals surface area (Å²) in [6.45, 7) is 0.496. The van der Waals surface area contributed by atoms with Crippen LogP contribution in [0.3, 0.4) is 0 Å². The number of hydrogen-bond acceptors (Lipinski definition) is 4. The molecule has 0 aliphatic carbocycles. The molecule has 2 N–H and O–H groups in total. The summed E-state index contributed by atoms with van der Waals surface area (Å²) in [6.07, 6.45) is 2.19. The summed E-state index contributed by atoms with van der Waals surface area (Å²) in [4.78, 5) is 10.3. The minimum atomic E-state index is -3.30. The maximum Gasteiger partial charge on any atom is 0.303 e. The van der Waals surface area contributed by atoms with Gasteiger partial charge in [-0.3, -0.25) is 4.79 Å². The average Bonchev–Trinajstić information content (AvgIpc) is 2.27. The zero-order valence-electron chi connectivity index (χ0n) is 9.72. The van der Waals surface area contributed by atoms with Crippen molar-refractivity contribution >= 4 is 27.8 Å². The highest BCUT2D eigenvalue weighted by molar-refractivity contribution is 7.99. The van der Waals surface area contributed by atoms with E-state index in [0.717, 1.165) is 24.3 Å². The summed E-state index contributed by atoms with van der Waals surface area (Å²) in [5.41, 5.74) is 0. The molecule has 0 saturated carbocycles. The van der Waals surface area contributed by atoms with E-state index in [9.17, 15) is 13.2 Å². The van der Waals surface area contributed by atoms with Gasteiger partial charge >= 0.3 is 5.97 Å². The summed E-state index contributed by atoms with van der Waals surface area (Å²) >= 11 is 1.91. The molecule has 0 unspecified atom stereocenters. The first-order valence-corrected chi connectivity index (χ1v) is 8.57. The molecular weight excluding hydrogens is 262 g/mol. The molecule has 0 amide bonds. The molecule has 0 aromatic rings. The van der Waals surface area contributed by atoms with Crippen molar-refractivity contribution in [1.82, 2.24) is 4.72 Å². The molecule has 0 radical (unpaired) electrons. The quantitative estimate of drug-likeness (QED) is 0.725. The van der Waals surface area contributed by atoms with Gasteiger partial charge in [-0.15, -0.1) is 0 Å². The van der Waals surface area contributed by atoms with Crippen LogP contribution in [0.2, 0.25) is 0 Å². The molecule has 7 heteroatoms. The maximum atomic E-state index is 11.5. The summed E-state index contributed by atoms with van der Waals surface area (Å²) in [5.74, 6) is 1.59. The summed E-state index contributed by atoms with van der Waals surface area (Å²) < 4.78 is 25.7. The first kappa shape index (κ1) is 14.8. The first-order valence-electron chi connectivity index (χ1n) is 5.76. The van der Waals surface area contributed by atoms with Gasteiger partial charge in [0, 0.05) is 13.0 Å². The van der Waals surface area contributed by atoms with Crippen molar-refractivity contribution < 1.29 is 18.3 Å². The number of hydrogen-bond donors (Lipinski definition) is 2. The first-order chi connectivity index (χ1) is 7.99. The second kappa shape index (κ2) is 7.23. The Hall–Kier alpha value is -0.270. The van der Waals surface area contributed by atoms with Crippen LogP contribution in [0.5, 0.6) is 0 Å². The normalized spacial score (nSPS) is 18.1. The Labute approximate surface area is 106 Å². The second-order valence-electron chi connectivity index (χ2n) is 4.22. The summed E-state index contributed by atoms with van der Waals surface area (Å²) in [5, 5.41) is 8.43. The minimum Gasteiger partial charge on any atom is -0.481 e. The molecule has 5 nitrogen and oxygen atoms in total. The Bertz CT molecular complexity index is 336. The third kappa shape index (κ3) is 6.90. The molecule has 1 fully saturated rings. The highest BCUT2D eigenvalue weighted by atomic mass is 32.2. The highest BCUT2D eigenvalue weighted by Crippen LogP contribution is 2.21. The Morgan fingerprint density at radius 3 is 2.59 bits per heavy atom. The average molecular weight is 281 g/mol. The van der Waals surface area contributed by atoms with Gasteiger partial charge in [0.05, 0.1) is 5.75 Å². The molecule has 1 rings (SSSR count). The van der Waals surface area contributed by atoms with Crippen LogP contribution in [0.25, 0.3) is 0 Å². The van der Waals surface area contributed by atoms with Crippen molar-refractivity contribution in [2.75, 3.05) is 23.8 Å². The van der Waals surface area contributed by atoms with Gasteiger partial charge in [0.1, 0.15) is 0 Å². The fraction of sp³-hybridized carbons (Fsp3) is 0.900. The fourth-order valence-electron chi connectivity index (χ4n) is 1.68. The van der Waals surface area contributed by atoms with E-state index in [2.05, 4.69) is 4.72 Å². The number of aliphatic carboxylic acids is 1. The number of thioether (sulfide) groups is 1. The van der Waals surface area contributed by atoms with E-state index in [1.54, 1.807) is 0 Å². The van der Waals surface area contributed by atoms with Crippen molar-refractivity contribution in [1.29, 1.82) is 0 Å². The number of nitrogens with one attached hydrogen (secondary N) is 1. The molecular formula is C10H19NO4S2. The lowest BCUT2D eigenvalue weighted by molar-refractivity contribution is -0.137. The largest absolute Gasteiger partial charge is 0.481 e. The Morgan fingerprint density at radius 2 is 2.00 bits per heavy atom. The Kier molecular flexibility index (Phi) is 6.29. The lowest BCUT2D eigenvalue weighted by atomic mass is 10.0. The van der Waals surface area contributed by atoms with Crippen LogP contribution in [0, 0.1) is 5.92 Å². The molecule has 0 spiro atoms. The molecule has 0 aromatic carbocycles. The van der Waals surface area contributed by atoms with E-state index in [4.69, 9.17) is 5.11 Å². The van der Waals surface area contributed by atoms with E-state index in [1.807, 2.05) is 11.8 Å². The number of carboxylic acids is 1. The van der Waals surface area contributed by atoms with Gasteiger partial charge in [-0.2, -0.15) is 11.8 Å². The smallest absolute Gasteiger partial charge is 0.303 e. The third-order valence-electron chi connectivity index (χ3n) is 2.74. The SMILES string of the molecule is O=C(O)CCCS(=O)(=O)NCC1CCSCC1. The van der Waals surface area contributed by atoms with Crippen LogP contribution in [0.1, 0.15) is 25.7 Å². The van der Waals surface area contributed by atoms with Crippen molar-refractivity contribution in [2.45, 2.75) is 25.7 Å². The van der Waals surface area contributed by atoms with Gasteiger partial charge in [0.15, 0.2) is 0 Å². The van der Waals surface area contributed by atoms with Crippen molar-refractivity contribution in [2.24, 2.45) is 5.92 Å². The topological polar surface area (TPSA) is 83.5 Å². The fourth-order valence-corrected chi connectivity index (χ4v) is 4.04. The van der Waals surface area contributed by atoms with Crippen LogP contribution in [0.15, 0.2) is 0 Å². The van der Waals surface area contributed by atoms with E-state index in [-0.39, 0.29) is 18.6 Å². The Balaban J connectivity index is 2.21. The number of rotatable bonds is 7. The number of carbonyl (C=O) groups is 1. The molecule has 1 aliphatic heterocycles. The zero-order chi connectivity index (χ0) is 12.7. The highest BCUT2D eigenvalue weighted by Gasteiger charge is 2.17. The van der Waals surface area contributed by atoms with E-state index >= 15 is 0 Å². The molecule has 0 atom stereocenters. The lowest BCUT2D eigenvalue weighted by Crippen LogP contribution is -2.32. The molecule has 0 bridgehead atoms. The third-order valence-corrected chi connectivity index (χ3v) is 5.22. The van der Waals surface area contributed by atoms with Crippen molar-refractivity contribution in [3.8, 4) is 0 Å². The van der Waals surface area contributed by atoms with Gasteiger partial charge in [-0.25, -0.2) is 13.1 Å².